The van der Waals surface area contributed by atoms with Crippen LogP contribution in [0.1, 0.15) is 24.0 Å². The molecule has 0 spiro atoms. The molecular formula is C21H23N3O4. The van der Waals surface area contributed by atoms with Gasteiger partial charge in [0.1, 0.15) is 5.75 Å². The molecule has 2 aromatic rings. The summed E-state index contributed by atoms with van der Waals surface area (Å²) in [5.41, 5.74) is 3.75. The standard InChI is InChI=1S/C21H23N3O4/c1-13-6-7-15(11-14(13)2)22-20(26)21(27)23-16-8-9-17(18(12-16)28-3)24-10-4-5-19(24)25/h6-9,11-12H,4-5,10H2,1-3H3,(H,22,26)(H,23,27). The van der Waals surface area contributed by atoms with E-state index in [0.717, 1.165) is 17.5 Å². The predicted molar refractivity (Wildman–Crippen MR) is 108 cm³/mol. The van der Waals surface area contributed by atoms with Crippen LogP contribution in [0.25, 0.3) is 0 Å². The third kappa shape index (κ3) is 4.14. The van der Waals surface area contributed by atoms with Crippen molar-refractivity contribution in [2.24, 2.45) is 0 Å². The molecule has 28 heavy (non-hydrogen) atoms. The van der Waals surface area contributed by atoms with Crippen molar-refractivity contribution >= 4 is 34.8 Å². The molecule has 0 saturated carbocycles. The molecule has 0 atom stereocenters. The second-order valence-electron chi connectivity index (χ2n) is 6.74. The largest absolute Gasteiger partial charge is 0.494 e. The number of nitrogens with one attached hydrogen (secondary N) is 2. The van der Waals surface area contributed by atoms with Crippen LogP contribution in [-0.4, -0.2) is 31.4 Å². The summed E-state index contributed by atoms with van der Waals surface area (Å²) in [6.45, 7) is 4.55. The third-order valence-electron chi connectivity index (χ3n) is 4.77. The van der Waals surface area contributed by atoms with E-state index in [1.807, 2.05) is 26.0 Å². The molecule has 146 valence electrons. The molecule has 2 aromatic carbocycles. The highest BCUT2D eigenvalue weighted by Gasteiger charge is 2.25. The van der Waals surface area contributed by atoms with E-state index in [9.17, 15) is 14.4 Å². The molecule has 0 unspecified atom stereocenters. The van der Waals surface area contributed by atoms with Gasteiger partial charge in [-0.2, -0.15) is 0 Å². The van der Waals surface area contributed by atoms with Crippen molar-refractivity contribution in [3.63, 3.8) is 0 Å². The maximum Gasteiger partial charge on any atom is 0.314 e. The number of methoxy groups -OCH3 is 1. The van der Waals surface area contributed by atoms with Gasteiger partial charge in [0.25, 0.3) is 0 Å². The Balaban J connectivity index is 1.70. The van der Waals surface area contributed by atoms with Gasteiger partial charge in [0.05, 0.1) is 12.8 Å². The Morgan fingerprint density at radius 2 is 1.61 bits per heavy atom. The summed E-state index contributed by atoms with van der Waals surface area (Å²) >= 11 is 0. The summed E-state index contributed by atoms with van der Waals surface area (Å²) in [6.07, 6.45) is 1.32. The van der Waals surface area contributed by atoms with Gasteiger partial charge in [0.15, 0.2) is 0 Å². The topological polar surface area (TPSA) is 87.7 Å². The molecule has 0 aliphatic carbocycles. The Hall–Kier alpha value is -3.35. The number of nitrogens with zero attached hydrogens (tertiary/aromatic N) is 1. The number of benzene rings is 2. The average molecular weight is 381 g/mol. The lowest BCUT2D eigenvalue weighted by Gasteiger charge is -2.19. The van der Waals surface area contributed by atoms with E-state index in [1.54, 1.807) is 29.2 Å². The molecule has 1 aliphatic rings. The summed E-state index contributed by atoms with van der Waals surface area (Å²) in [7, 11) is 1.50. The van der Waals surface area contributed by atoms with Gasteiger partial charge < -0.3 is 20.3 Å². The van der Waals surface area contributed by atoms with Crippen molar-refractivity contribution in [2.75, 3.05) is 29.2 Å². The Morgan fingerprint density at radius 3 is 2.18 bits per heavy atom. The normalized spacial score (nSPS) is 13.4. The number of rotatable bonds is 4. The molecule has 0 radical (unpaired) electrons. The van der Waals surface area contributed by atoms with E-state index < -0.39 is 11.8 Å². The molecule has 7 nitrogen and oxygen atoms in total. The van der Waals surface area contributed by atoms with Gasteiger partial charge >= 0.3 is 11.8 Å². The van der Waals surface area contributed by atoms with Gasteiger partial charge in [-0.1, -0.05) is 6.07 Å². The summed E-state index contributed by atoms with van der Waals surface area (Å²) in [6, 6.07) is 10.4. The maximum absolute atomic E-state index is 12.2. The van der Waals surface area contributed by atoms with Crippen LogP contribution in [0.5, 0.6) is 5.75 Å². The fraction of sp³-hybridized carbons (Fsp3) is 0.286. The van der Waals surface area contributed by atoms with Crippen molar-refractivity contribution in [1.29, 1.82) is 0 Å². The number of hydrogen-bond donors (Lipinski definition) is 2. The zero-order valence-electron chi connectivity index (χ0n) is 16.2. The highest BCUT2D eigenvalue weighted by molar-refractivity contribution is 6.43. The predicted octanol–water partition coefficient (Wildman–Crippen LogP) is 3.02. The molecule has 3 rings (SSSR count). The van der Waals surface area contributed by atoms with E-state index in [1.165, 1.54) is 7.11 Å². The molecule has 0 aromatic heterocycles. The Morgan fingerprint density at radius 1 is 0.964 bits per heavy atom. The van der Waals surface area contributed by atoms with Crippen LogP contribution in [-0.2, 0) is 14.4 Å². The number of aryl methyl sites for hydroxylation is 2. The van der Waals surface area contributed by atoms with Gasteiger partial charge in [-0.25, -0.2) is 0 Å². The lowest BCUT2D eigenvalue weighted by molar-refractivity contribution is -0.132. The zero-order chi connectivity index (χ0) is 20.3. The summed E-state index contributed by atoms with van der Waals surface area (Å²) in [4.78, 5) is 38.0. The number of ether oxygens (including phenoxy) is 1. The van der Waals surface area contributed by atoms with E-state index in [4.69, 9.17) is 4.74 Å². The highest BCUT2D eigenvalue weighted by Crippen LogP contribution is 2.33. The minimum absolute atomic E-state index is 0.0443. The van der Waals surface area contributed by atoms with Gasteiger partial charge in [-0.15, -0.1) is 0 Å². The highest BCUT2D eigenvalue weighted by atomic mass is 16.5. The molecule has 1 heterocycles. The Bertz CT molecular complexity index is 939. The fourth-order valence-corrected chi connectivity index (χ4v) is 3.08. The summed E-state index contributed by atoms with van der Waals surface area (Å²) in [5, 5.41) is 5.14. The zero-order valence-corrected chi connectivity index (χ0v) is 16.2. The quantitative estimate of drug-likeness (QED) is 0.797. The van der Waals surface area contributed by atoms with Crippen LogP contribution in [0.3, 0.4) is 0 Å². The van der Waals surface area contributed by atoms with Gasteiger partial charge in [0.2, 0.25) is 5.91 Å². The number of anilines is 3. The number of carbonyl (C=O) groups excluding carboxylic acids is 3. The first-order valence-corrected chi connectivity index (χ1v) is 9.07. The second-order valence-corrected chi connectivity index (χ2v) is 6.74. The first kappa shape index (κ1) is 19.4. The first-order chi connectivity index (χ1) is 13.4. The first-order valence-electron chi connectivity index (χ1n) is 9.07. The van der Waals surface area contributed by atoms with Crippen LogP contribution in [0, 0.1) is 13.8 Å². The van der Waals surface area contributed by atoms with E-state index in [2.05, 4.69) is 10.6 Å². The van der Waals surface area contributed by atoms with Crippen LogP contribution in [0.2, 0.25) is 0 Å². The fourth-order valence-electron chi connectivity index (χ4n) is 3.08. The average Bonchev–Trinajstić information content (AvgIpc) is 3.10. The van der Waals surface area contributed by atoms with Crippen LogP contribution >= 0.6 is 0 Å². The van der Waals surface area contributed by atoms with Crippen molar-refractivity contribution in [1.82, 2.24) is 0 Å². The second kappa shape index (κ2) is 8.12. The van der Waals surface area contributed by atoms with Crippen molar-refractivity contribution < 1.29 is 19.1 Å². The summed E-state index contributed by atoms with van der Waals surface area (Å²) in [5.74, 6) is -1.04. The Kier molecular flexibility index (Phi) is 5.63. The van der Waals surface area contributed by atoms with Gasteiger partial charge in [-0.3, -0.25) is 14.4 Å². The van der Waals surface area contributed by atoms with E-state index in [0.29, 0.717) is 35.8 Å². The van der Waals surface area contributed by atoms with Crippen LogP contribution in [0.4, 0.5) is 17.1 Å². The van der Waals surface area contributed by atoms with Crippen LogP contribution in [0.15, 0.2) is 36.4 Å². The monoisotopic (exact) mass is 381 g/mol. The number of amides is 3. The van der Waals surface area contributed by atoms with E-state index in [-0.39, 0.29) is 5.91 Å². The van der Waals surface area contributed by atoms with Gasteiger partial charge in [-0.05, 0) is 55.7 Å². The Labute approximate surface area is 163 Å². The lowest BCUT2D eigenvalue weighted by atomic mass is 10.1. The van der Waals surface area contributed by atoms with Crippen molar-refractivity contribution in [3.05, 3.63) is 47.5 Å². The molecule has 1 aliphatic heterocycles. The molecule has 1 fully saturated rings. The number of hydrogen-bond acceptors (Lipinski definition) is 4. The molecule has 2 N–H and O–H groups in total. The van der Waals surface area contributed by atoms with E-state index >= 15 is 0 Å². The molecule has 3 amide bonds. The van der Waals surface area contributed by atoms with Crippen molar-refractivity contribution in [3.8, 4) is 5.75 Å². The summed E-state index contributed by atoms with van der Waals surface area (Å²) < 4.78 is 5.36. The maximum atomic E-state index is 12.2. The minimum atomic E-state index is -0.787. The number of carbonyl (C=O) groups is 3. The third-order valence-corrected chi connectivity index (χ3v) is 4.77. The minimum Gasteiger partial charge on any atom is -0.494 e. The SMILES string of the molecule is COc1cc(NC(=O)C(=O)Nc2ccc(C)c(C)c2)ccc1N1CCCC1=O. The smallest absolute Gasteiger partial charge is 0.314 e. The lowest BCUT2D eigenvalue weighted by Crippen LogP contribution is -2.29. The molecular weight excluding hydrogens is 358 g/mol. The van der Waals surface area contributed by atoms with Crippen molar-refractivity contribution in [2.45, 2.75) is 26.7 Å². The van der Waals surface area contributed by atoms with Gasteiger partial charge in [0, 0.05) is 30.4 Å². The molecule has 7 heteroatoms. The molecule has 0 bridgehead atoms. The van der Waals surface area contributed by atoms with Crippen LogP contribution < -0.4 is 20.3 Å². The molecule has 1 saturated heterocycles.